The third kappa shape index (κ3) is 4.33. The number of amides is 2. The number of rotatable bonds is 5. The summed E-state index contributed by atoms with van der Waals surface area (Å²) in [6, 6.07) is 5.53. The molecule has 10 nitrogen and oxygen atoms in total. The van der Waals surface area contributed by atoms with E-state index in [1.807, 2.05) is 11.6 Å². The highest BCUT2D eigenvalue weighted by atomic mass is 16.5. The third-order valence-corrected chi connectivity index (χ3v) is 6.50. The largest absolute Gasteiger partial charge is 0.381 e. The first-order chi connectivity index (χ1) is 16.7. The number of aryl methyl sites for hydroxylation is 1. The number of pyridine rings is 2. The summed E-state index contributed by atoms with van der Waals surface area (Å²) in [7, 11) is 0. The average molecular weight is 464 g/mol. The fourth-order valence-electron chi connectivity index (χ4n) is 4.56. The van der Waals surface area contributed by atoms with Gasteiger partial charge in [-0.1, -0.05) is 6.07 Å². The molecule has 2 amide bonds. The molecule has 2 saturated heterocycles. The number of nitrogens with zero attached hydrogens (tertiary/aromatic N) is 6. The van der Waals surface area contributed by atoms with Crippen molar-refractivity contribution in [2.24, 2.45) is 0 Å². The Hall–Kier alpha value is -3.53. The Kier molecular flexibility index (Phi) is 6.39. The van der Waals surface area contributed by atoms with Crippen molar-refractivity contribution >= 4 is 28.5 Å². The van der Waals surface area contributed by atoms with Crippen molar-refractivity contribution in [3.63, 3.8) is 0 Å². The summed E-state index contributed by atoms with van der Waals surface area (Å²) in [6.07, 6.45) is 6.82. The van der Waals surface area contributed by atoms with Crippen molar-refractivity contribution in [2.75, 3.05) is 44.7 Å². The number of hydrogen-bond acceptors (Lipinski definition) is 7. The summed E-state index contributed by atoms with van der Waals surface area (Å²) < 4.78 is 7.33. The van der Waals surface area contributed by atoms with Crippen LogP contribution in [0, 0.1) is 0 Å². The van der Waals surface area contributed by atoms with E-state index < -0.39 is 0 Å². The van der Waals surface area contributed by atoms with Gasteiger partial charge in [0.1, 0.15) is 5.69 Å². The molecular weight excluding hydrogens is 434 g/mol. The number of nitrogens with one attached hydrogen (secondary N) is 1. The van der Waals surface area contributed by atoms with Crippen molar-refractivity contribution < 1.29 is 14.3 Å². The normalized spacial score (nSPS) is 17.2. The molecule has 0 spiro atoms. The fraction of sp³-hybridized carbons (Fsp3) is 0.458. The predicted octanol–water partition coefficient (Wildman–Crippen LogP) is 2.04. The van der Waals surface area contributed by atoms with Crippen LogP contribution in [0.5, 0.6) is 0 Å². The maximum Gasteiger partial charge on any atom is 0.272 e. The van der Waals surface area contributed by atoms with Gasteiger partial charge in [0.05, 0.1) is 22.8 Å². The molecule has 5 heterocycles. The minimum atomic E-state index is -0.107. The second-order valence-corrected chi connectivity index (χ2v) is 8.57. The van der Waals surface area contributed by atoms with Gasteiger partial charge >= 0.3 is 0 Å². The minimum Gasteiger partial charge on any atom is -0.381 e. The van der Waals surface area contributed by atoms with Crippen LogP contribution in [0.3, 0.4) is 0 Å². The number of fused-ring (bicyclic) bond motifs is 1. The topological polar surface area (TPSA) is 105 Å². The van der Waals surface area contributed by atoms with Gasteiger partial charge in [-0.05, 0) is 31.9 Å². The van der Waals surface area contributed by atoms with Crippen LogP contribution in [-0.2, 0) is 11.3 Å². The highest BCUT2D eigenvalue weighted by molar-refractivity contribution is 6.06. The van der Waals surface area contributed by atoms with Crippen LogP contribution in [0.15, 0.2) is 36.8 Å². The van der Waals surface area contributed by atoms with E-state index in [1.165, 1.54) is 0 Å². The molecule has 0 bridgehead atoms. The summed E-state index contributed by atoms with van der Waals surface area (Å²) in [4.78, 5) is 38.6. The molecule has 2 fully saturated rings. The van der Waals surface area contributed by atoms with Crippen LogP contribution in [-0.4, -0.2) is 86.8 Å². The van der Waals surface area contributed by atoms with Gasteiger partial charge < -0.3 is 19.9 Å². The third-order valence-electron chi connectivity index (χ3n) is 6.50. The zero-order chi connectivity index (χ0) is 23.5. The molecular formula is C24H29N7O3. The van der Waals surface area contributed by atoms with Crippen LogP contribution in [0.2, 0.25) is 0 Å². The molecule has 0 atom stereocenters. The molecule has 0 aliphatic carbocycles. The van der Waals surface area contributed by atoms with Crippen LogP contribution in [0.1, 0.15) is 40.6 Å². The number of ether oxygens (including phenoxy) is 1. The first-order valence-corrected chi connectivity index (χ1v) is 11.8. The molecule has 1 N–H and O–H groups in total. The maximum absolute atomic E-state index is 13.6. The molecule has 0 saturated carbocycles. The molecule has 34 heavy (non-hydrogen) atoms. The predicted molar refractivity (Wildman–Crippen MR) is 127 cm³/mol. The molecule has 0 aromatic carbocycles. The van der Waals surface area contributed by atoms with Crippen LogP contribution in [0.25, 0.3) is 11.0 Å². The van der Waals surface area contributed by atoms with Gasteiger partial charge in [0, 0.05) is 64.4 Å². The number of aromatic nitrogens is 4. The number of carbonyl (C=O) groups is 2. The molecule has 0 radical (unpaired) electrons. The van der Waals surface area contributed by atoms with Gasteiger partial charge in [0.2, 0.25) is 0 Å². The summed E-state index contributed by atoms with van der Waals surface area (Å²) in [6.45, 7) is 5.98. The summed E-state index contributed by atoms with van der Waals surface area (Å²) in [5.74, 6) is -0.192. The lowest BCUT2D eigenvalue weighted by Crippen LogP contribution is -2.50. The zero-order valence-corrected chi connectivity index (χ0v) is 19.3. The van der Waals surface area contributed by atoms with Gasteiger partial charge in [-0.2, -0.15) is 5.10 Å². The van der Waals surface area contributed by atoms with Crippen molar-refractivity contribution in [1.29, 1.82) is 0 Å². The van der Waals surface area contributed by atoms with Crippen molar-refractivity contribution in [3.05, 3.63) is 48.0 Å². The second kappa shape index (κ2) is 9.76. The number of piperazine rings is 1. The SMILES string of the molecule is CCn1ncc2c(NC3CCOCC3)c(C(=O)N3CCN(C(=O)c4ccccn4)CC3)cnc21. The lowest BCUT2D eigenvalue weighted by Gasteiger charge is -2.35. The lowest BCUT2D eigenvalue weighted by atomic mass is 10.1. The minimum absolute atomic E-state index is 0.0851. The van der Waals surface area contributed by atoms with E-state index in [9.17, 15) is 9.59 Å². The molecule has 0 unspecified atom stereocenters. The fourth-order valence-corrected chi connectivity index (χ4v) is 4.56. The zero-order valence-electron chi connectivity index (χ0n) is 19.3. The molecule has 3 aromatic heterocycles. The van der Waals surface area contributed by atoms with E-state index in [4.69, 9.17) is 4.74 Å². The first-order valence-electron chi connectivity index (χ1n) is 11.8. The van der Waals surface area contributed by atoms with Gasteiger partial charge in [-0.15, -0.1) is 0 Å². The molecule has 5 rings (SSSR count). The van der Waals surface area contributed by atoms with E-state index in [-0.39, 0.29) is 17.9 Å². The average Bonchev–Trinajstić information content (AvgIpc) is 3.33. The van der Waals surface area contributed by atoms with E-state index >= 15 is 0 Å². The Morgan fingerprint density at radius 2 is 1.76 bits per heavy atom. The van der Waals surface area contributed by atoms with E-state index in [0.29, 0.717) is 57.2 Å². The van der Waals surface area contributed by atoms with Crippen molar-refractivity contribution in [3.8, 4) is 0 Å². The Labute approximate surface area is 197 Å². The van der Waals surface area contributed by atoms with Gasteiger partial charge in [-0.25, -0.2) is 9.67 Å². The number of anilines is 1. The monoisotopic (exact) mass is 463 g/mol. The molecule has 178 valence electrons. The number of hydrogen-bond donors (Lipinski definition) is 1. The van der Waals surface area contributed by atoms with E-state index in [2.05, 4.69) is 20.4 Å². The molecule has 10 heteroatoms. The Morgan fingerprint density at radius 3 is 2.44 bits per heavy atom. The van der Waals surface area contributed by atoms with Gasteiger partial charge in [0.25, 0.3) is 11.8 Å². The van der Waals surface area contributed by atoms with E-state index in [1.54, 1.807) is 46.6 Å². The van der Waals surface area contributed by atoms with Crippen molar-refractivity contribution in [1.82, 2.24) is 29.5 Å². The molecule has 2 aliphatic rings. The Balaban J connectivity index is 1.36. The highest BCUT2D eigenvalue weighted by Crippen LogP contribution is 2.29. The summed E-state index contributed by atoms with van der Waals surface area (Å²) in [5.41, 5.74) is 2.51. The molecule has 3 aromatic rings. The maximum atomic E-state index is 13.6. The van der Waals surface area contributed by atoms with Crippen molar-refractivity contribution in [2.45, 2.75) is 32.4 Å². The smallest absolute Gasteiger partial charge is 0.272 e. The summed E-state index contributed by atoms with van der Waals surface area (Å²) >= 11 is 0. The highest BCUT2D eigenvalue weighted by Gasteiger charge is 2.29. The lowest BCUT2D eigenvalue weighted by molar-refractivity contribution is 0.0532. The summed E-state index contributed by atoms with van der Waals surface area (Å²) in [5, 5.41) is 8.91. The molecule has 2 aliphatic heterocycles. The van der Waals surface area contributed by atoms with Crippen LogP contribution >= 0.6 is 0 Å². The van der Waals surface area contributed by atoms with Gasteiger partial charge in [-0.3, -0.25) is 14.6 Å². The quantitative estimate of drug-likeness (QED) is 0.617. The number of carbonyl (C=O) groups excluding carboxylic acids is 2. The van der Waals surface area contributed by atoms with E-state index in [0.717, 1.165) is 29.6 Å². The van der Waals surface area contributed by atoms with Gasteiger partial charge in [0.15, 0.2) is 5.65 Å². The standard InChI is InChI=1S/C24H29N7O3/c1-2-31-22-18(16-27-31)21(28-17-6-13-34-14-7-17)19(15-26-22)23(32)29-9-11-30(12-10-29)24(33)20-5-3-4-8-25-20/h3-5,8,15-17H,2,6-7,9-14H2,1H3,(H,26,28). The Morgan fingerprint density at radius 1 is 1.03 bits per heavy atom. The second-order valence-electron chi connectivity index (χ2n) is 8.57. The van der Waals surface area contributed by atoms with Crippen LogP contribution in [0.4, 0.5) is 5.69 Å². The first kappa shape index (κ1) is 22.3. The van der Waals surface area contributed by atoms with Crippen LogP contribution < -0.4 is 5.32 Å². The Bertz CT molecular complexity index is 1170.